The van der Waals surface area contributed by atoms with Crippen molar-refractivity contribution in [3.63, 3.8) is 0 Å². The van der Waals surface area contributed by atoms with Crippen molar-refractivity contribution >= 4 is 34.3 Å². The van der Waals surface area contributed by atoms with E-state index in [1.807, 2.05) is 24.3 Å². The van der Waals surface area contributed by atoms with E-state index < -0.39 is 5.54 Å². The van der Waals surface area contributed by atoms with E-state index in [1.165, 1.54) is 11.8 Å². The molecular formula is C22H19N3O3. The highest BCUT2D eigenvalue weighted by molar-refractivity contribution is 6.24. The molecule has 1 saturated heterocycles. The Hall–Kier alpha value is -3.41. The molecule has 3 heterocycles. The summed E-state index contributed by atoms with van der Waals surface area (Å²) in [6.45, 7) is 3.74. The minimum absolute atomic E-state index is 0.109. The molecule has 1 N–H and O–H groups in total. The molecule has 0 unspecified atom stereocenters. The molecule has 140 valence electrons. The SMILES string of the molecule is CC(=O)c1cccc(N2C(=O)N3CCc4c([nH]c5ccccc45)[C@@]3(C)C2=O)c1. The van der Waals surface area contributed by atoms with Gasteiger partial charge in [0.15, 0.2) is 11.3 Å². The molecule has 6 nitrogen and oxygen atoms in total. The zero-order valence-electron chi connectivity index (χ0n) is 15.7. The molecule has 6 heteroatoms. The maximum Gasteiger partial charge on any atom is 0.332 e. The number of fused-ring (bicyclic) bond motifs is 5. The number of aromatic nitrogens is 1. The molecule has 0 saturated carbocycles. The molecule has 2 aromatic carbocycles. The number of urea groups is 1. The summed E-state index contributed by atoms with van der Waals surface area (Å²) in [7, 11) is 0. The lowest BCUT2D eigenvalue weighted by Gasteiger charge is -2.35. The first kappa shape index (κ1) is 16.7. The Morgan fingerprint density at radius 2 is 1.89 bits per heavy atom. The quantitative estimate of drug-likeness (QED) is 0.551. The van der Waals surface area contributed by atoms with Crippen LogP contribution in [0.1, 0.15) is 35.5 Å². The number of benzene rings is 2. The summed E-state index contributed by atoms with van der Waals surface area (Å²) >= 11 is 0. The number of amides is 3. The van der Waals surface area contributed by atoms with Gasteiger partial charge in [-0.25, -0.2) is 9.69 Å². The Morgan fingerprint density at radius 3 is 2.68 bits per heavy atom. The zero-order chi connectivity index (χ0) is 19.6. The van der Waals surface area contributed by atoms with Crippen LogP contribution in [-0.4, -0.2) is 34.2 Å². The van der Waals surface area contributed by atoms with Gasteiger partial charge in [0.2, 0.25) is 0 Å². The van der Waals surface area contributed by atoms with Gasteiger partial charge in [-0.05, 0) is 44.0 Å². The molecule has 28 heavy (non-hydrogen) atoms. The average Bonchev–Trinajstić information content (AvgIpc) is 3.16. The molecule has 1 atom stereocenters. The largest absolute Gasteiger partial charge is 0.356 e. The molecule has 2 aliphatic rings. The molecule has 0 radical (unpaired) electrons. The summed E-state index contributed by atoms with van der Waals surface area (Å²) in [4.78, 5) is 44.7. The second-order valence-corrected chi connectivity index (χ2v) is 7.53. The predicted octanol–water partition coefficient (Wildman–Crippen LogP) is 3.61. The summed E-state index contributed by atoms with van der Waals surface area (Å²) < 4.78 is 0. The van der Waals surface area contributed by atoms with Crippen molar-refractivity contribution in [2.75, 3.05) is 11.4 Å². The standard InChI is InChI=1S/C22H19N3O3/c1-13(26)14-6-5-7-15(12-14)25-20(27)22(2)19-17(10-11-24(22)21(25)28)16-8-3-4-9-18(16)23-19/h3-9,12,23H,10-11H2,1-2H3/t22-/m0/s1. The fourth-order valence-electron chi connectivity index (χ4n) is 4.48. The molecule has 0 bridgehead atoms. The second kappa shape index (κ2) is 5.55. The number of imide groups is 1. The second-order valence-electron chi connectivity index (χ2n) is 7.53. The molecule has 3 aromatic rings. The van der Waals surface area contributed by atoms with Gasteiger partial charge in [-0.15, -0.1) is 0 Å². The number of hydrogen-bond donors (Lipinski definition) is 1. The molecule has 2 aliphatic heterocycles. The van der Waals surface area contributed by atoms with Gasteiger partial charge in [0.1, 0.15) is 0 Å². The Balaban J connectivity index is 1.67. The molecule has 3 amide bonds. The highest BCUT2D eigenvalue weighted by Crippen LogP contribution is 2.45. The van der Waals surface area contributed by atoms with Crippen LogP contribution in [-0.2, 0) is 16.8 Å². The first-order valence-corrected chi connectivity index (χ1v) is 9.30. The number of nitrogens with one attached hydrogen (secondary N) is 1. The van der Waals surface area contributed by atoms with E-state index in [1.54, 1.807) is 36.1 Å². The van der Waals surface area contributed by atoms with Crippen LogP contribution in [0.5, 0.6) is 0 Å². The maximum atomic E-state index is 13.6. The van der Waals surface area contributed by atoms with Crippen molar-refractivity contribution < 1.29 is 14.4 Å². The lowest BCUT2D eigenvalue weighted by atomic mass is 9.87. The molecule has 0 spiro atoms. The molecule has 0 aliphatic carbocycles. The number of rotatable bonds is 2. The van der Waals surface area contributed by atoms with Gasteiger partial charge in [0.05, 0.1) is 11.4 Å². The summed E-state index contributed by atoms with van der Waals surface area (Å²) in [6.07, 6.45) is 0.690. The van der Waals surface area contributed by atoms with E-state index in [0.29, 0.717) is 24.2 Å². The van der Waals surface area contributed by atoms with Gasteiger partial charge < -0.3 is 9.88 Å². The van der Waals surface area contributed by atoms with Gasteiger partial charge in [-0.2, -0.15) is 0 Å². The van der Waals surface area contributed by atoms with Gasteiger partial charge in [0.25, 0.3) is 5.91 Å². The van der Waals surface area contributed by atoms with Gasteiger partial charge in [0, 0.05) is 23.0 Å². The lowest BCUT2D eigenvalue weighted by molar-refractivity contribution is -0.125. The number of ketones is 1. The zero-order valence-corrected chi connectivity index (χ0v) is 15.7. The third-order valence-corrected chi connectivity index (χ3v) is 5.98. The van der Waals surface area contributed by atoms with Crippen LogP contribution in [0, 0.1) is 0 Å². The van der Waals surface area contributed by atoms with E-state index in [2.05, 4.69) is 4.98 Å². The van der Waals surface area contributed by atoms with Crippen LogP contribution in [0.15, 0.2) is 48.5 Å². The van der Waals surface area contributed by atoms with Crippen molar-refractivity contribution in [3.8, 4) is 0 Å². The van der Waals surface area contributed by atoms with Crippen LogP contribution < -0.4 is 4.90 Å². The van der Waals surface area contributed by atoms with E-state index in [-0.39, 0.29) is 17.7 Å². The minimum atomic E-state index is -1.09. The number of H-pyrrole nitrogens is 1. The van der Waals surface area contributed by atoms with Gasteiger partial charge >= 0.3 is 6.03 Å². The number of carbonyl (C=O) groups excluding carboxylic acids is 3. The lowest BCUT2D eigenvalue weighted by Crippen LogP contribution is -2.49. The van der Waals surface area contributed by atoms with Crippen molar-refractivity contribution in [2.45, 2.75) is 25.8 Å². The van der Waals surface area contributed by atoms with E-state index >= 15 is 0 Å². The Bertz CT molecular complexity index is 1180. The highest BCUT2D eigenvalue weighted by Gasteiger charge is 2.59. The van der Waals surface area contributed by atoms with Crippen LogP contribution in [0.4, 0.5) is 10.5 Å². The normalized spacial score (nSPS) is 21.2. The van der Waals surface area contributed by atoms with Crippen molar-refractivity contribution in [1.82, 2.24) is 9.88 Å². The predicted molar refractivity (Wildman–Crippen MR) is 105 cm³/mol. The Labute approximate surface area is 161 Å². The third kappa shape index (κ3) is 2.00. The van der Waals surface area contributed by atoms with E-state index in [0.717, 1.165) is 22.2 Å². The van der Waals surface area contributed by atoms with Crippen molar-refractivity contribution in [1.29, 1.82) is 0 Å². The molecule has 5 rings (SSSR count). The van der Waals surface area contributed by atoms with E-state index in [4.69, 9.17) is 0 Å². The minimum Gasteiger partial charge on any atom is -0.356 e. The van der Waals surface area contributed by atoms with Crippen molar-refractivity contribution in [3.05, 3.63) is 65.4 Å². The summed E-state index contributed by atoms with van der Waals surface area (Å²) in [6, 6.07) is 14.3. The summed E-state index contributed by atoms with van der Waals surface area (Å²) in [5.74, 6) is -0.409. The molecular weight excluding hydrogens is 354 g/mol. The fraction of sp³-hybridized carbons (Fsp3) is 0.227. The van der Waals surface area contributed by atoms with Crippen LogP contribution >= 0.6 is 0 Å². The fourth-order valence-corrected chi connectivity index (χ4v) is 4.48. The number of anilines is 1. The van der Waals surface area contributed by atoms with Crippen LogP contribution in [0.2, 0.25) is 0 Å². The first-order valence-electron chi connectivity index (χ1n) is 9.30. The number of hydrogen-bond acceptors (Lipinski definition) is 3. The summed E-state index contributed by atoms with van der Waals surface area (Å²) in [5, 5.41) is 1.09. The number of nitrogens with zero attached hydrogens (tertiary/aromatic N) is 2. The smallest absolute Gasteiger partial charge is 0.332 e. The number of para-hydroxylation sites is 1. The number of Topliss-reactive ketones (excluding diaryl/α,β-unsaturated/α-hetero) is 1. The molecule has 1 aromatic heterocycles. The number of aromatic amines is 1. The first-order chi connectivity index (χ1) is 13.4. The summed E-state index contributed by atoms with van der Waals surface area (Å²) in [5.41, 5.74) is 2.65. The average molecular weight is 373 g/mol. The Kier molecular flexibility index (Phi) is 3.32. The van der Waals surface area contributed by atoms with Crippen molar-refractivity contribution in [2.24, 2.45) is 0 Å². The van der Waals surface area contributed by atoms with Gasteiger partial charge in [-0.3, -0.25) is 9.59 Å². The number of carbonyl (C=O) groups is 3. The topological polar surface area (TPSA) is 73.5 Å². The third-order valence-electron chi connectivity index (χ3n) is 5.98. The highest BCUT2D eigenvalue weighted by atomic mass is 16.2. The van der Waals surface area contributed by atoms with E-state index in [9.17, 15) is 14.4 Å². The monoisotopic (exact) mass is 373 g/mol. The molecule has 1 fully saturated rings. The maximum absolute atomic E-state index is 13.6. The van der Waals surface area contributed by atoms with Gasteiger partial charge in [-0.1, -0.05) is 30.3 Å². The van der Waals surface area contributed by atoms with Crippen LogP contribution in [0.25, 0.3) is 10.9 Å². The Morgan fingerprint density at radius 1 is 1.11 bits per heavy atom. The van der Waals surface area contributed by atoms with Crippen LogP contribution in [0.3, 0.4) is 0 Å².